The zero-order chi connectivity index (χ0) is 26.4. The first-order valence-corrected chi connectivity index (χ1v) is 10.3. The number of alkyl halides is 3. The highest BCUT2D eigenvalue weighted by Gasteiger charge is 2.41. The summed E-state index contributed by atoms with van der Waals surface area (Å²) >= 11 is 0. The summed E-state index contributed by atoms with van der Waals surface area (Å²) < 4.78 is 57.5. The van der Waals surface area contributed by atoms with Gasteiger partial charge in [0, 0.05) is 28.3 Å². The molecule has 0 bridgehead atoms. The van der Waals surface area contributed by atoms with E-state index in [1.54, 1.807) is 18.2 Å². The highest BCUT2D eigenvalue weighted by atomic mass is 19.4. The second kappa shape index (κ2) is 8.77. The molecule has 0 radical (unpaired) electrons. The molecular formula is C24H16F4N6O2. The normalized spacial score (nSPS) is 11.4. The number of nitriles is 1. The maximum atomic E-state index is 14.2. The number of pyridine rings is 1. The summed E-state index contributed by atoms with van der Waals surface area (Å²) in [5.41, 5.74) is 7.53. The molecule has 0 spiro atoms. The highest BCUT2D eigenvalue weighted by Crippen LogP contribution is 2.42. The van der Waals surface area contributed by atoms with E-state index in [-0.39, 0.29) is 28.7 Å². The minimum absolute atomic E-state index is 0.0704. The molecule has 0 atom stereocenters. The first-order chi connectivity index (χ1) is 16.9. The number of fused-ring (bicyclic) bond motifs is 1. The van der Waals surface area contributed by atoms with Crippen molar-refractivity contribution in [2.75, 3.05) is 0 Å². The standard InChI is InChI=1S/C24H16F4N6O2/c1-11-17(21(24(26,27)28)33-34(11)10-13-5-3-2-4-12(13)9-29)19-18(22(30)35)15-7-6-14(25)8-16(15)32-20(19)23(31)36/h2-8H,10H2,1H3,(H2,30,35)(H2,31,36). The van der Waals surface area contributed by atoms with Crippen molar-refractivity contribution in [2.45, 2.75) is 19.6 Å². The van der Waals surface area contributed by atoms with Gasteiger partial charge in [-0.1, -0.05) is 18.2 Å². The van der Waals surface area contributed by atoms with Gasteiger partial charge in [-0.2, -0.15) is 23.5 Å². The number of nitrogens with zero attached hydrogens (tertiary/aromatic N) is 4. The third kappa shape index (κ3) is 4.11. The molecule has 36 heavy (non-hydrogen) atoms. The van der Waals surface area contributed by atoms with E-state index < -0.39 is 51.9 Å². The molecule has 0 unspecified atom stereocenters. The van der Waals surface area contributed by atoms with E-state index in [9.17, 15) is 32.4 Å². The maximum absolute atomic E-state index is 14.2. The average Bonchev–Trinajstić information content (AvgIpc) is 3.13. The van der Waals surface area contributed by atoms with Crippen LogP contribution in [-0.4, -0.2) is 26.6 Å². The highest BCUT2D eigenvalue weighted by molar-refractivity contribution is 6.15. The van der Waals surface area contributed by atoms with Gasteiger partial charge in [0.05, 0.1) is 29.3 Å². The molecule has 4 aromatic rings. The SMILES string of the molecule is Cc1c(-c2c(C(N)=O)nc3cc(F)ccc3c2C(N)=O)c(C(F)(F)F)nn1Cc1ccccc1C#N. The van der Waals surface area contributed by atoms with Gasteiger partial charge < -0.3 is 11.5 Å². The van der Waals surface area contributed by atoms with Crippen LogP contribution in [0.25, 0.3) is 22.0 Å². The zero-order valence-electron chi connectivity index (χ0n) is 18.5. The zero-order valence-corrected chi connectivity index (χ0v) is 18.5. The number of hydrogen-bond acceptors (Lipinski definition) is 5. The molecular weight excluding hydrogens is 480 g/mol. The number of rotatable bonds is 5. The van der Waals surface area contributed by atoms with Crippen molar-refractivity contribution in [1.29, 1.82) is 5.26 Å². The summed E-state index contributed by atoms with van der Waals surface area (Å²) in [5.74, 6) is -3.19. The Labute approximate surface area is 200 Å². The second-order valence-corrected chi connectivity index (χ2v) is 7.83. The van der Waals surface area contributed by atoms with Gasteiger partial charge in [0.15, 0.2) is 5.69 Å². The number of halogens is 4. The van der Waals surface area contributed by atoms with E-state index in [4.69, 9.17) is 11.5 Å². The maximum Gasteiger partial charge on any atom is 0.435 e. The Morgan fingerprint density at radius 1 is 1.08 bits per heavy atom. The Morgan fingerprint density at radius 3 is 2.39 bits per heavy atom. The van der Waals surface area contributed by atoms with Gasteiger partial charge in [-0.05, 0) is 30.7 Å². The molecule has 0 aliphatic rings. The lowest BCUT2D eigenvalue weighted by atomic mass is 9.92. The first kappa shape index (κ1) is 24.3. The van der Waals surface area contributed by atoms with Crippen LogP contribution in [0.2, 0.25) is 0 Å². The monoisotopic (exact) mass is 496 g/mol. The quantitative estimate of drug-likeness (QED) is 0.406. The molecule has 0 saturated carbocycles. The number of nitrogens with two attached hydrogens (primary N) is 2. The fourth-order valence-electron chi connectivity index (χ4n) is 4.04. The van der Waals surface area contributed by atoms with Crippen LogP contribution < -0.4 is 11.5 Å². The Kier molecular flexibility index (Phi) is 5.93. The minimum Gasteiger partial charge on any atom is -0.366 e. The molecule has 0 fully saturated rings. The van der Waals surface area contributed by atoms with Gasteiger partial charge in [0.25, 0.3) is 5.91 Å². The molecule has 2 aromatic carbocycles. The number of amides is 2. The van der Waals surface area contributed by atoms with Crippen molar-refractivity contribution in [3.63, 3.8) is 0 Å². The molecule has 0 saturated heterocycles. The van der Waals surface area contributed by atoms with Crippen LogP contribution in [0.5, 0.6) is 0 Å². The van der Waals surface area contributed by atoms with Gasteiger partial charge in [-0.3, -0.25) is 14.3 Å². The van der Waals surface area contributed by atoms with Gasteiger partial charge in [-0.25, -0.2) is 9.37 Å². The Morgan fingerprint density at radius 2 is 1.78 bits per heavy atom. The van der Waals surface area contributed by atoms with Crippen molar-refractivity contribution in [3.05, 3.63) is 82.1 Å². The van der Waals surface area contributed by atoms with E-state index in [0.29, 0.717) is 5.56 Å². The summed E-state index contributed by atoms with van der Waals surface area (Å²) in [6, 6.07) is 11.2. The summed E-state index contributed by atoms with van der Waals surface area (Å²) in [6.07, 6.45) is -5.03. The van der Waals surface area contributed by atoms with Crippen LogP contribution in [0, 0.1) is 24.1 Å². The summed E-state index contributed by atoms with van der Waals surface area (Å²) in [6.45, 7) is 1.08. The second-order valence-electron chi connectivity index (χ2n) is 7.83. The van der Waals surface area contributed by atoms with Gasteiger partial charge >= 0.3 is 6.18 Å². The number of primary amides is 2. The van der Waals surface area contributed by atoms with Crippen LogP contribution >= 0.6 is 0 Å². The molecule has 12 heteroatoms. The molecule has 2 amide bonds. The summed E-state index contributed by atoms with van der Waals surface area (Å²) in [5, 5.41) is 13.0. The van der Waals surface area contributed by atoms with Crippen LogP contribution in [0.15, 0.2) is 42.5 Å². The van der Waals surface area contributed by atoms with Gasteiger partial charge in [0.2, 0.25) is 5.91 Å². The van der Waals surface area contributed by atoms with Gasteiger partial charge in [0.1, 0.15) is 11.5 Å². The van der Waals surface area contributed by atoms with E-state index in [1.807, 2.05) is 6.07 Å². The van der Waals surface area contributed by atoms with Gasteiger partial charge in [-0.15, -0.1) is 0 Å². The summed E-state index contributed by atoms with van der Waals surface area (Å²) in [7, 11) is 0. The molecule has 182 valence electrons. The van der Waals surface area contributed by atoms with Crippen molar-refractivity contribution in [3.8, 4) is 17.2 Å². The predicted octanol–water partition coefficient (Wildman–Crippen LogP) is 3.68. The van der Waals surface area contributed by atoms with Crippen LogP contribution in [0.1, 0.15) is 43.4 Å². The fourth-order valence-corrected chi connectivity index (χ4v) is 4.04. The Bertz CT molecular complexity index is 1600. The molecule has 2 heterocycles. The molecule has 4 N–H and O–H groups in total. The van der Waals surface area contributed by atoms with Crippen molar-refractivity contribution in [1.82, 2.24) is 14.8 Å². The third-order valence-electron chi connectivity index (χ3n) is 5.61. The summed E-state index contributed by atoms with van der Waals surface area (Å²) in [4.78, 5) is 28.8. The molecule has 0 aliphatic carbocycles. The van der Waals surface area contributed by atoms with E-state index in [0.717, 1.165) is 22.9 Å². The van der Waals surface area contributed by atoms with Crippen molar-refractivity contribution in [2.24, 2.45) is 11.5 Å². The number of benzene rings is 2. The number of carbonyl (C=O) groups excluding carboxylic acids is 2. The Hall–Kier alpha value is -4.79. The van der Waals surface area contributed by atoms with E-state index in [2.05, 4.69) is 10.1 Å². The van der Waals surface area contributed by atoms with Crippen molar-refractivity contribution >= 4 is 22.7 Å². The van der Waals surface area contributed by atoms with Crippen molar-refractivity contribution < 1.29 is 27.2 Å². The molecule has 2 aromatic heterocycles. The minimum atomic E-state index is -5.03. The predicted molar refractivity (Wildman–Crippen MR) is 120 cm³/mol. The molecule has 8 nitrogen and oxygen atoms in total. The topological polar surface area (TPSA) is 141 Å². The fraction of sp³-hybridized carbons (Fsp3) is 0.125. The lowest BCUT2D eigenvalue weighted by molar-refractivity contribution is -0.141. The smallest absolute Gasteiger partial charge is 0.366 e. The van der Waals surface area contributed by atoms with E-state index in [1.165, 1.54) is 13.0 Å². The van der Waals surface area contributed by atoms with Crippen LogP contribution in [0.3, 0.4) is 0 Å². The Balaban J connectivity index is 2.11. The number of carbonyl (C=O) groups is 2. The lowest BCUT2D eigenvalue weighted by Gasteiger charge is -2.16. The third-order valence-corrected chi connectivity index (χ3v) is 5.61. The first-order valence-electron chi connectivity index (χ1n) is 10.3. The largest absolute Gasteiger partial charge is 0.435 e. The van der Waals surface area contributed by atoms with Crippen LogP contribution in [0.4, 0.5) is 17.6 Å². The average molecular weight is 496 g/mol. The number of hydrogen-bond donors (Lipinski definition) is 2. The van der Waals surface area contributed by atoms with E-state index >= 15 is 0 Å². The molecule has 0 aliphatic heterocycles. The number of aromatic nitrogens is 3. The molecule has 4 rings (SSSR count). The lowest BCUT2D eigenvalue weighted by Crippen LogP contribution is -2.21. The van der Waals surface area contributed by atoms with Crippen LogP contribution in [-0.2, 0) is 12.7 Å².